The van der Waals surface area contributed by atoms with Crippen LogP contribution in [-0.4, -0.2) is 70.0 Å². The number of piperazine rings is 1. The van der Waals surface area contributed by atoms with Crippen molar-refractivity contribution in [3.05, 3.63) is 66.3 Å². The minimum atomic E-state index is -0.595. The summed E-state index contributed by atoms with van der Waals surface area (Å²) in [5.74, 6) is 1.03. The van der Waals surface area contributed by atoms with E-state index in [-0.39, 0.29) is 5.56 Å². The number of hydrogen-bond donors (Lipinski definition) is 1. The summed E-state index contributed by atoms with van der Waals surface area (Å²) in [7, 11) is 1.52. The van der Waals surface area contributed by atoms with Crippen molar-refractivity contribution in [2.24, 2.45) is 0 Å². The Hall–Kier alpha value is -4.73. The lowest BCUT2D eigenvalue weighted by molar-refractivity contribution is -0.126. The van der Waals surface area contributed by atoms with Gasteiger partial charge in [-0.25, -0.2) is 4.98 Å². The normalized spacial score (nSPS) is 13.9. The average molecular weight is 497 g/mol. The highest BCUT2D eigenvalue weighted by atomic mass is 16.5. The van der Waals surface area contributed by atoms with Gasteiger partial charge >= 0.3 is 0 Å². The van der Waals surface area contributed by atoms with E-state index in [4.69, 9.17) is 9.26 Å². The summed E-state index contributed by atoms with van der Waals surface area (Å²) in [4.78, 5) is 42.5. The second-order valence-electron chi connectivity index (χ2n) is 8.87. The first-order chi connectivity index (χ1) is 18.0. The van der Waals surface area contributed by atoms with Gasteiger partial charge in [-0.3, -0.25) is 9.59 Å². The maximum atomic E-state index is 13.4. The van der Waals surface area contributed by atoms with Crippen molar-refractivity contribution in [1.29, 1.82) is 0 Å². The van der Waals surface area contributed by atoms with Crippen LogP contribution in [0.25, 0.3) is 33.1 Å². The monoisotopic (exact) mass is 496 g/mol. The number of anilines is 1. The van der Waals surface area contributed by atoms with Gasteiger partial charge < -0.3 is 24.0 Å². The van der Waals surface area contributed by atoms with E-state index in [1.807, 2.05) is 24.3 Å². The molecule has 5 aromatic rings. The van der Waals surface area contributed by atoms with Crippen LogP contribution in [0.2, 0.25) is 0 Å². The van der Waals surface area contributed by atoms with Crippen LogP contribution in [0.15, 0.2) is 59.4 Å². The predicted octanol–water partition coefficient (Wildman–Crippen LogP) is 3.61. The van der Waals surface area contributed by atoms with E-state index in [2.05, 4.69) is 31.1 Å². The molecule has 0 aliphatic carbocycles. The number of methoxy groups -OCH3 is 1. The molecular formula is C27H24N6O4. The molecule has 1 saturated heterocycles. The van der Waals surface area contributed by atoms with Crippen molar-refractivity contribution >= 4 is 39.2 Å². The first kappa shape index (κ1) is 22.7. The molecule has 1 N–H and O–H groups in total. The number of amides is 1. The van der Waals surface area contributed by atoms with Gasteiger partial charge in [-0.2, -0.15) is 4.98 Å². The molecule has 0 saturated carbocycles. The van der Waals surface area contributed by atoms with Gasteiger partial charge in [0.05, 0.1) is 23.6 Å². The van der Waals surface area contributed by atoms with Gasteiger partial charge in [-0.1, -0.05) is 29.4 Å². The van der Waals surface area contributed by atoms with Crippen LogP contribution >= 0.6 is 0 Å². The fraction of sp³-hybridized carbons (Fsp3) is 0.222. The van der Waals surface area contributed by atoms with Crippen LogP contribution in [0.3, 0.4) is 0 Å². The van der Waals surface area contributed by atoms with E-state index in [1.165, 1.54) is 7.11 Å². The van der Waals surface area contributed by atoms with Gasteiger partial charge in [-0.15, -0.1) is 0 Å². The third-order valence-electron chi connectivity index (χ3n) is 6.74. The second kappa shape index (κ2) is 9.05. The van der Waals surface area contributed by atoms with Gasteiger partial charge in [0.1, 0.15) is 11.6 Å². The van der Waals surface area contributed by atoms with Crippen LogP contribution in [0.1, 0.15) is 16.2 Å². The molecule has 0 unspecified atom stereocenters. The SMILES string of the molecule is COc1ccc(-c2noc(C)n2)c2[nH]cc(C(=O)C(=O)N3CCN(c4nccc5ccccc45)CC3)c12. The number of nitrogens with zero attached hydrogens (tertiary/aromatic N) is 5. The third-order valence-corrected chi connectivity index (χ3v) is 6.74. The summed E-state index contributed by atoms with van der Waals surface area (Å²) in [6.45, 7) is 3.71. The minimum Gasteiger partial charge on any atom is -0.496 e. The van der Waals surface area contributed by atoms with Crippen LogP contribution < -0.4 is 9.64 Å². The third kappa shape index (κ3) is 3.86. The highest BCUT2D eigenvalue weighted by molar-refractivity contribution is 6.45. The van der Waals surface area contributed by atoms with E-state index < -0.39 is 11.7 Å². The zero-order valence-corrected chi connectivity index (χ0v) is 20.4. The fourth-order valence-corrected chi connectivity index (χ4v) is 4.90. The zero-order chi connectivity index (χ0) is 25.5. The summed E-state index contributed by atoms with van der Waals surface area (Å²) in [6, 6.07) is 13.6. The van der Waals surface area contributed by atoms with E-state index in [0.717, 1.165) is 16.6 Å². The number of hydrogen-bond acceptors (Lipinski definition) is 8. The Morgan fingerprint density at radius 3 is 2.62 bits per heavy atom. The average Bonchev–Trinajstić information content (AvgIpc) is 3.58. The maximum Gasteiger partial charge on any atom is 0.295 e. The van der Waals surface area contributed by atoms with Crippen molar-refractivity contribution < 1.29 is 18.8 Å². The number of ketones is 1. The van der Waals surface area contributed by atoms with Crippen LogP contribution in [0.4, 0.5) is 5.82 Å². The topological polar surface area (TPSA) is 117 Å². The molecular weight excluding hydrogens is 472 g/mol. The van der Waals surface area contributed by atoms with Crippen molar-refractivity contribution in [2.45, 2.75) is 6.92 Å². The molecule has 186 valence electrons. The largest absolute Gasteiger partial charge is 0.496 e. The Kier molecular flexibility index (Phi) is 5.56. The van der Waals surface area contributed by atoms with E-state index in [1.54, 1.807) is 36.4 Å². The second-order valence-corrected chi connectivity index (χ2v) is 8.87. The van der Waals surface area contributed by atoms with Crippen molar-refractivity contribution in [3.63, 3.8) is 0 Å². The number of carbonyl (C=O) groups is 2. The number of aromatic amines is 1. The zero-order valence-electron chi connectivity index (χ0n) is 20.4. The van der Waals surface area contributed by atoms with Crippen molar-refractivity contribution in [1.82, 2.24) is 25.0 Å². The van der Waals surface area contributed by atoms with Gasteiger partial charge in [0.2, 0.25) is 11.7 Å². The first-order valence-corrected chi connectivity index (χ1v) is 12.0. The maximum absolute atomic E-state index is 13.4. The molecule has 1 fully saturated rings. The molecule has 0 bridgehead atoms. The Balaban J connectivity index is 1.25. The predicted molar refractivity (Wildman–Crippen MR) is 138 cm³/mol. The Bertz CT molecular complexity index is 1640. The lowest BCUT2D eigenvalue weighted by Crippen LogP contribution is -2.50. The van der Waals surface area contributed by atoms with Crippen LogP contribution in [0.5, 0.6) is 5.75 Å². The number of ether oxygens (including phenoxy) is 1. The number of benzene rings is 2. The summed E-state index contributed by atoms with van der Waals surface area (Å²) in [5.41, 5.74) is 1.50. The summed E-state index contributed by atoms with van der Waals surface area (Å²) < 4.78 is 10.6. The summed E-state index contributed by atoms with van der Waals surface area (Å²) >= 11 is 0. The van der Waals surface area contributed by atoms with Crippen molar-refractivity contribution in [2.75, 3.05) is 38.2 Å². The van der Waals surface area contributed by atoms with Gasteiger partial charge in [0, 0.05) is 56.4 Å². The molecule has 6 rings (SSSR count). The molecule has 10 heteroatoms. The molecule has 37 heavy (non-hydrogen) atoms. The van der Waals surface area contributed by atoms with E-state index in [0.29, 0.717) is 60.1 Å². The number of aryl methyl sites for hydroxylation is 1. The van der Waals surface area contributed by atoms with Gasteiger partial charge in [0.25, 0.3) is 11.7 Å². The minimum absolute atomic E-state index is 0.247. The molecule has 3 aromatic heterocycles. The molecule has 0 atom stereocenters. The molecule has 1 amide bonds. The lowest BCUT2D eigenvalue weighted by atomic mass is 10.0. The molecule has 10 nitrogen and oxygen atoms in total. The number of H-pyrrole nitrogens is 1. The highest BCUT2D eigenvalue weighted by Gasteiger charge is 2.30. The quantitative estimate of drug-likeness (QED) is 0.290. The van der Waals surface area contributed by atoms with Crippen molar-refractivity contribution in [3.8, 4) is 17.1 Å². The highest BCUT2D eigenvalue weighted by Crippen LogP contribution is 2.35. The number of rotatable bonds is 5. The molecule has 0 spiro atoms. The molecule has 1 aliphatic heterocycles. The lowest BCUT2D eigenvalue weighted by Gasteiger charge is -2.35. The number of carbonyl (C=O) groups excluding carboxylic acids is 2. The molecule has 0 radical (unpaired) electrons. The Morgan fingerprint density at radius 1 is 1.05 bits per heavy atom. The Morgan fingerprint density at radius 2 is 1.86 bits per heavy atom. The van der Waals surface area contributed by atoms with Gasteiger partial charge in [-0.05, 0) is 23.6 Å². The standard InChI is InChI=1S/C27H24N6O4/c1-16-30-25(31-37-16)19-7-8-21(36-2)22-20(15-29-23(19)22)24(34)27(35)33-13-11-32(12-14-33)26-18-6-4-3-5-17(18)9-10-28-26/h3-10,15,29H,11-14H2,1-2H3. The Labute approximate surface area is 211 Å². The summed E-state index contributed by atoms with van der Waals surface area (Å²) in [6.07, 6.45) is 3.34. The molecule has 2 aromatic carbocycles. The summed E-state index contributed by atoms with van der Waals surface area (Å²) in [5, 5.41) is 6.69. The van der Waals surface area contributed by atoms with Crippen LogP contribution in [0, 0.1) is 6.92 Å². The van der Waals surface area contributed by atoms with E-state index >= 15 is 0 Å². The fourth-order valence-electron chi connectivity index (χ4n) is 4.90. The number of aromatic nitrogens is 4. The smallest absolute Gasteiger partial charge is 0.295 e. The van der Waals surface area contributed by atoms with Crippen LogP contribution in [-0.2, 0) is 4.79 Å². The number of pyridine rings is 1. The molecule has 1 aliphatic rings. The number of fused-ring (bicyclic) bond motifs is 2. The number of nitrogens with one attached hydrogen (secondary N) is 1. The number of Topliss-reactive ketones (excluding diaryl/α,β-unsaturated/α-hetero) is 1. The first-order valence-electron chi connectivity index (χ1n) is 12.0. The van der Waals surface area contributed by atoms with Gasteiger partial charge in [0.15, 0.2) is 0 Å². The molecule has 4 heterocycles. The van der Waals surface area contributed by atoms with E-state index in [9.17, 15) is 9.59 Å².